The summed E-state index contributed by atoms with van der Waals surface area (Å²) in [6, 6.07) is 4.35. The topological polar surface area (TPSA) is 17.1 Å². The van der Waals surface area contributed by atoms with Crippen molar-refractivity contribution in [2.75, 3.05) is 0 Å². The van der Waals surface area contributed by atoms with Crippen LogP contribution >= 0.6 is 15.9 Å². The fourth-order valence-corrected chi connectivity index (χ4v) is 1.24. The number of allylic oxidation sites excluding steroid dienone is 2. The Morgan fingerprint density at radius 1 is 1.43 bits per heavy atom. The highest BCUT2D eigenvalue weighted by Crippen LogP contribution is 2.17. The maximum absolute atomic E-state index is 13.1. The van der Waals surface area contributed by atoms with Gasteiger partial charge in [-0.1, -0.05) is 5.57 Å². The van der Waals surface area contributed by atoms with Gasteiger partial charge < -0.3 is 0 Å². The lowest BCUT2D eigenvalue weighted by atomic mass is 10.1. The number of carbonyl (C=O) groups is 1. The molecule has 0 radical (unpaired) electrons. The number of rotatable bonds is 2. The molecule has 0 saturated heterocycles. The van der Waals surface area contributed by atoms with Crippen molar-refractivity contribution in [3.05, 3.63) is 45.7 Å². The molecule has 1 aromatic rings. The SMILES string of the molecule is CC(C)=CC(=O)c1ccc(Br)c(F)c1. The molecule has 0 aliphatic heterocycles. The molecule has 0 heterocycles. The number of hydrogen-bond acceptors (Lipinski definition) is 1. The quantitative estimate of drug-likeness (QED) is 0.582. The van der Waals surface area contributed by atoms with Crippen LogP contribution in [0.2, 0.25) is 0 Å². The Kier molecular flexibility index (Phi) is 3.58. The summed E-state index contributed by atoms with van der Waals surface area (Å²) in [6.45, 7) is 3.65. The van der Waals surface area contributed by atoms with Crippen molar-refractivity contribution in [1.82, 2.24) is 0 Å². The number of hydrogen-bond donors (Lipinski definition) is 0. The minimum Gasteiger partial charge on any atom is -0.289 e. The molecule has 0 aromatic heterocycles. The molecule has 0 fully saturated rings. The van der Waals surface area contributed by atoms with Crippen molar-refractivity contribution in [3.63, 3.8) is 0 Å². The first-order chi connectivity index (χ1) is 6.50. The molecule has 3 heteroatoms. The second-order valence-corrected chi connectivity index (χ2v) is 4.07. The van der Waals surface area contributed by atoms with Gasteiger partial charge in [0.2, 0.25) is 0 Å². The zero-order valence-corrected chi connectivity index (χ0v) is 9.56. The van der Waals surface area contributed by atoms with Crippen LogP contribution in [-0.2, 0) is 0 Å². The van der Waals surface area contributed by atoms with E-state index in [4.69, 9.17) is 0 Å². The summed E-state index contributed by atoms with van der Waals surface area (Å²) in [6.07, 6.45) is 1.49. The van der Waals surface area contributed by atoms with Crippen LogP contribution in [0.25, 0.3) is 0 Å². The minimum atomic E-state index is -0.419. The van der Waals surface area contributed by atoms with Crippen LogP contribution in [0.1, 0.15) is 24.2 Å². The summed E-state index contributed by atoms with van der Waals surface area (Å²) in [5.41, 5.74) is 1.27. The van der Waals surface area contributed by atoms with E-state index in [1.54, 1.807) is 6.07 Å². The van der Waals surface area contributed by atoms with Gasteiger partial charge in [0.05, 0.1) is 4.47 Å². The maximum atomic E-state index is 13.1. The van der Waals surface area contributed by atoms with Gasteiger partial charge in [0.15, 0.2) is 5.78 Å². The van der Waals surface area contributed by atoms with Crippen molar-refractivity contribution in [1.29, 1.82) is 0 Å². The first-order valence-corrected chi connectivity index (χ1v) is 4.94. The summed E-state index contributed by atoms with van der Waals surface area (Å²) in [5.74, 6) is -0.589. The Labute approximate surface area is 90.8 Å². The molecule has 74 valence electrons. The third-order valence-corrected chi connectivity index (χ3v) is 2.27. The summed E-state index contributed by atoms with van der Waals surface area (Å²) in [7, 11) is 0. The fourth-order valence-electron chi connectivity index (χ4n) is 0.995. The second-order valence-electron chi connectivity index (χ2n) is 3.21. The highest BCUT2D eigenvalue weighted by molar-refractivity contribution is 9.10. The lowest BCUT2D eigenvalue weighted by molar-refractivity contribution is 0.104. The van der Waals surface area contributed by atoms with Gasteiger partial charge in [-0.05, 0) is 54.1 Å². The van der Waals surface area contributed by atoms with E-state index in [2.05, 4.69) is 15.9 Å². The average Bonchev–Trinajstić information content (AvgIpc) is 2.08. The van der Waals surface area contributed by atoms with Crippen molar-refractivity contribution < 1.29 is 9.18 Å². The van der Waals surface area contributed by atoms with Gasteiger partial charge in [-0.15, -0.1) is 0 Å². The van der Waals surface area contributed by atoms with Crippen LogP contribution in [0.3, 0.4) is 0 Å². The predicted molar refractivity (Wildman–Crippen MR) is 57.9 cm³/mol. The monoisotopic (exact) mass is 256 g/mol. The zero-order valence-electron chi connectivity index (χ0n) is 7.97. The lowest BCUT2D eigenvalue weighted by Crippen LogP contribution is -1.96. The molecule has 1 rings (SSSR count). The van der Waals surface area contributed by atoms with Crippen molar-refractivity contribution >= 4 is 21.7 Å². The first kappa shape index (κ1) is 11.1. The molecule has 0 unspecified atom stereocenters. The largest absolute Gasteiger partial charge is 0.289 e. The molecule has 0 atom stereocenters. The molecule has 0 saturated carbocycles. The molecular weight excluding hydrogens is 247 g/mol. The van der Waals surface area contributed by atoms with Gasteiger partial charge >= 0.3 is 0 Å². The molecule has 0 spiro atoms. The van der Waals surface area contributed by atoms with Gasteiger partial charge in [0.25, 0.3) is 0 Å². The van der Waals surface area contributed by atoms with Gasteiger partial charge in [-0.25, -0.2) is 4.39 Å². The molecule has 0 aliphatic carbocycles. The van der Waals surface area contributed by atoms with Gasteiger partial charge in [0, 0.05) is 5.56 Å². The first-order valence-electron chi connectivity index (χ1n) is 4.15. The normalized spacial score (nSPS) is 9.71. The Morgan fingerprint density at radius 3 is 2.57 bits per heavy atom. The van der Waals surface area contributed by atoms with E-state index in [1.807, 2.05) is 13.8 Å². The third kappa shape index (κ3) is 2.77. The summed E-state index contributed by atoms with van der Waals surface area (Å²) in [5, 5.41) is 0. The van der Waals surface area contributed by atoms with E-state index in [0.717, 1.165) is 5.57 Å². The molecular formula is C11H10BrFO. The summed E-state index contributed by atoms with van der Waals surface area (Å²) >= 11 is 3.03. The third-order valence-electron chi connectivity index (χ3n) is 1.62. The van der Waals surface area contributed by atoms with Gasteiger partial charge in [-0.3, -0.25) is 4.79 Å². The Bertz CT molecular complexity index is 392. The Morgan fingerprint density at radius 2 is 2.07 bits per heavy atom. The number of ketones is 1. The molecule has 0 N–H and O–H groups in total. The van der Waals surface area contributed by atoms with E-state index in [1.165, 1.54) is 18.2 Å². The molecule has 0 bridgehead atoms. The maximum Gasteiger partial charge on any atom is 0.185 e. The number of carbonyl (C=O) groups excluding carboxylic acids is 1. The van der Waals surface area contributed by atoms with Crippen LogP contribution in [0.5, 0.6) is 0 Å². The summed E-state index contributed by atoms with van der Waals surface area (Å²) in [4.78, 5) is 11.5. The van der Waals surface area contributed by atoms with E-state index >= 15 is 0 Å². The minimum absolute atomic E-state index is 0.170. The molecule has 1 nitrogen and oxygen atoms in total. The number of benzene rings is 1. The lowest BCUT2D eigenvalue weighted by Gasteiger charge is -1.98. The van der Waals surface area contributed by atoms with E-state index in [0.29, 0.717) is 10.0 Å². The van der Waals surface area contributed by atoms with Gasteiger partial charge in [-0.2, -0.15) is 0 Å². The van der Waals surface area contributed by atoms with E-state index in [-0.39, 0.29) is 5.78 Å². The smallest absolute Gasteiger partial charge is 0.185 e. The highest BCUT2D eigenvalue weighted by atomic mass is 79.9. The second kappa shape index (κ2) is 4.51. The highest BCUT2D eigenvalue weighted by Gasteiger charge is 2.05. The summed E-state index contributed by atoms with van der Waals surface area (Å²) < 4.78 is 13.4. The number of halogens is 2. The fraction of sp³-hybridized carbons (Fsp3) is 0.182. The van der Waals surface area contributed by atoms with Crippen LogP contribution in [0.4, 0.5) is 4.39 Å². The van der Waals surface area contributed by atoms with E-state index < -0.39 is 5.82 Å². The molecule has 0 amide bonds. The van der Waals surface area contributed by atoms with Crippen LogP contribution in [-0.4, -0.2) is 5.78 Å². The van der Waals surface area contributed by atoms with Crippen LogP contribution < -0.4 is 0 Å². The Balaban J connectivity index is 3.03. The van der Waals surface area contributed by atoms with Crippen molar-refractivity contribution in [2.45, 2.75) is 13.8 Å². The van der Waals surface area contributed by atoms with Crippen molar-refractivity contribution in [3.8, 4) is 0 Å². The van der Waals surface area contributed by atoms with Crippen LogP contribution in [0.15, 0.2) is 34.3 Å². The molecule has 14 heavy (non-hydrogen) atoms. The van der Waals surface area contributed by atoms with Gasteiger partial charge in [0.1, 0.15) is 5.82 Å². The Hall–Kier alpha value is -0.960. The molecule has 1 aromatic carbocycles. The predicted octanol–water partition coefficient (Wildman–Crippen LogP) is 3.74. The van der Waals surface area contributed by atoms with Crippen molar-refractivity contribution in [2.24, 2.45) is 0 Å². The standard InChI is InChI=1S/C11H10BrFO/c1-7(2)5-11(14)8-3-4-9(12)10(13)6-8/h3-6H,1-2H3. The average molecular weight is 257 g/mol. The van der Waals surface area contributed by atoms with E-state index in [9.17, 15) is 9.18 Å². The van der Waals surface area contributed by atoms with Crippen LogP contribution in [0, 0.1) is 5.82 Å². The zero-order chi connectivity index (χ0) is 10.7. The molecule has 0 aliphatic rings.